The second-order valence-electron chi connectivity index (χ2n) is 5.58. The molecule has 0 N–H and O–H groups in total. The molecule has 0 spiro atoms. The molecule has 1 aromatic heterocycles. The first-order valence-corrected chi connectivity index (χ1v) is 8.36. The average Bonchev–Trinajstić information content (AvgIpc) is 2.62. The lowest BCUT2D eigenvalue weighted by molar-refractivity contribution is 0.0533. The van der Waals surface area contributed by atoms with Gasteiger partial charge in [-0.3, -0.25) is 9.59 Å². The van der Waals surface area contributed by atoms with Crippen molar-refractivity contribution in [1.29, 1.82) is 0 Å². The molecule has 25 heavy (non-hydrogen) atoms. The van der Waals surface area contributed by atoms with Gasteiger partial charge in [0.2, 0.25) is 0 Å². The van der Waals surface area contributed by atoms with Crippen LogP contribution in [0.4, 0.5) is 4.39 Å². The maximum absolute atomic E-state index is 13.9. The van der Waals surface area contributed by atoms with Gasteiger partial charge in [0.25, 0.3) is 11.8 Å². The number of benzene rings is 1. The third-order valence-corrected chi connectivity index (χ3v) is 4.43. The van der Waals surface area contributed by atoms with E-state index in [0.717, 1.165) is 0 Å². The monoisotopic (exact) mass is 381 g/mol. The van der Waals surface area contributed by atoms with Crippen molar-refractivity contribution in [1.82, 2.24) is 14.8 Å². The van der Waals surface area contributed by atoms with Crippen molar-refractivity contribution in [3.63, 3.8) is 0 Å². The van der Waals surface area contributed by atoms with Gasteiger partial charge < -0.3 is 9.80 Å². The number of carbonyl (C=O) groups excluding carboxylic acids is 2. The van der Waals surface area contributed by atoms with E-state index in [0.29, 0.717) is 36.8 Å². The number of nitrogens with zero attached hydrogens (tertiary/aromatic N) is 3. The zero-order valence-corrected chi connectivity index (χ0v) is 14.6. The zero-order valence-electron chi connectivity index (χ0n) is 13.1. The number of amides is 2. The second-order valence-corrected chi connectivity index (χ2v) is 6.40. The summed E-state index contributed by atoms with van der Waals surface area (Å²) in [6.07, 6.45) is 1.47. The molecular weight excluding hydrogens is 368 g/mol. The van der Waals surface area contributed by atoms with Crippen LogP contribution >= 0.6 is 23.2 Å². The van der Waals surface area contributed by atoms with E-state index in [-0.39, 0.29) is 16.6 Å². The van der Waals surface area contributed by atoms with E-state index in [1.807, 2.05) is 0 Å². The molecule has 2 amide bonds. The van der Waals surface area contributed by atoms with Gasteiger partial charge in [-0.25, -0.2) is 9.37 Å². The Kier molecular flexibility index (Phi) is 5.20. The van der Waals surface area contributed by atoms with Crippen LogP contribution in [0.3, 0.4) is 0 Å². The maximum atomic E-state index is 13.9. The molecule has 0 bridgehead atoms. The summed E-state index contributed by atoms with van der Waals surface area (Å²) in [6.45, 7) is 1.34. The standard InChI is InChI=1S/C17H14Cl2FN3O2/c18-12-1-2-14(20)13(10-12)17(25)23-7-5-22(6-8-23)16(24)11-3-4-21-15(19)9-11/h1-4,9-10H,5-8H2. The van der Waals surface area contributed by atoms with Crippen LogP contribution in [0.2, 0.25) is 10.2 Å². The van der Waals surface area contributed by atoms with Crippen LogP contribution in [0.5, 0.6) is 0 Å². The van der Waals surface area contributed by atoms with Crippen LogP contribution < -0.4 is 0 Å². The van der Waals surface area contributed by atoms with Crippen molar-refractivity contribution in [2.45, 2.75) is 0 Å². The minimum atomic E-state index is -0.612. The topological polar surface area (TPSA) is 53.5 Å². The van der Waals surface area contributed by atoms with E-state index in [1.165, 1.54) is 35.4 Å². The first-order valence-electron chi connectivity index (χ1n) is 7.61. The molecule has 1 fully saturated rings. The number of hydrogen-bond donors (Lipinski definition) is 0. The number of piperazine rings is 1. The molecule has 0 unspecified atom stereocenters. The SMILES string of the molecule is O=C(c1ccnc(Cl)c1)N1CCN(C(=O)c2cc(Cl)ccc2F)CC1. The molecule has 130 valence electrons. The van der Waals surface area contributed by atoms with Crippen molar-refractivity contribution in [3.05, 3.63) is 63.6 Å². The lowest BCUT2D eigenvalue weighted by Gasteiger charge is -2.35. The summed E-state index contributed by atoms with van der Waals surface area (Å²) in [5.41, 5.74) is 0.383. The Bertz CT molecular complexity index is 823. The Morgan fingerprint density at radius 2 is 1.60 bits per heavy atom. The molecule has 1 aliphatic heterocycles. The number of carbonyl (C=O) groups is 2. The van der Waals surface area contributed by atoms with Gasteiger partial charge in [0.15, 0.2) is 0 Å². The molecule has 0 aliphatic carbocycles. The number of aromatic nitrogens is 1. The van der Waals surface area contributed by atoms with E-state index in [2.05, 4.69) is 4.98 Å². The van der Waals surface area contributed by atoms with Crippen molar-refractivity contribution in [3.8, 4) is 0 Å². The highest BCUT2D eigenvalue weighted by atomic mass is 35.5. The van der Waals surface area contributed by atoms with E-state index in [1.54, 1.807) is 11.0 Å². The van der Waals surface area contributed by atoms with Gasteiger partial charge in [-0.05, 0) is 30.3 Å². The number of pyridine rings is 1. The van der Waals surface area contributed by atoms with Gasteiger partial charge in [0.05, 0.1) is 5.56 Å². The van der Waals surface area contributed by atoms with Crippen LogP contribution in [-0.2, 0) is 0 Å². The van der Waals surface area contributed by atoms with Crippen molar-refractivity contribution >= 4 is 35.0 Å². The van der Waals surface area contributed by atoms with Gasteiger partial charge in [-0.1, -0.05) is 23.2 Å². The molecule has 2 aromatic rings. The van der Waals surface area contributed by atoms with Gasteiger partial charge >= 0.3 is 0 Å². The maximum Gasteiger partial charge on any atom is 0.257 e. The van der Waals surface area contributed by atoms with E-state index in [9.17, 15) is 14.0 Å². The first kappa shape index (κ1) is 17.6. The molecule has 1 aromatic carbocycles. The van der Waals surface area contributed by atoms with Crippen molar-refractivity contribution in [2.24, 2.45) is 0 Å². The fraction of sp³-hybridized carbons (Fsp3) is 0.235. The summed E-state index contributed by atoms with van der Waals surface area (Å²) in [5, 5.41) is 0.546. The summed E-state index contributed by atoms with van der Waals surface area (Å²) < 4.78 is 13.9. The summed E-state index contributed by atoms with van der Waals surface area (Å²) in [5.74, 6) is -1.22. The van der Waals surface area contributed by atoms with Crippen LogP contribution in [0, 0.1) is 5.82 Å². The van der Waals surface area contributed by atoms with E-state index < -0.39 is 11.7 Å². The predicted octanol–water partition coefficient (Wildman–Crippen LogP) is 3.13. The normalized spacial score (nSPS) is 14.5. The molecule has 0 atom stereocenters. The minimum absolute atomic E-state index is 0.0619. The largest absolute Gasteiger partial charge is 0.335 e. The number of halogens is 3. The highest BCUT2D eigenvalue weighted by Crippen LogP contribution is 2.18. The molecule has 0 saturated carbocycles. The van der Waals surface area contributed by atoms with Gasteiger partial charge in [-0.2, -0.15) is 0 Å². The number of hydrogen-bond acceptors (Lipinski definition) is 3. The average molecular weight is 382 g/mol. The Labute approximate surface area is 154 Å². The smallest absolute Gasteiger partial charge is 0.257 e. The van der Waals surface area contributed by atoms with Crippen molar-refractivity contribution in [2.75, 3.05) is 26.2 Å². The molecule has 0 radical (unpaired) electrons. The lowest BCUT2D eigenvalue weighted by atomic mass is 10.1. The van der Waals surface area contributed by atoms with E-state index >= 15 is 0 Å². The third kappa shape index (κ3) is 3.91. The van der Waals surface area contributed by atoms with Crippen LogP contribution in [0.1, 0.15) is 20.7 Å². The molecule has 3 rings (SSSR count). The third-order valence-electron chi connectivity index (χ3n) is 3.99. The Hall–Kier alpha value is -2.18. The molecular formula is C17H14Cl2FN3O2. The highest BCUT2D eigenvalue weighted by Gasteiger charge is 2.27. The summed E-state index contributed by atoms with van der Waals surface area (Å²) in [4.78, 5) is 31.9. The number of rotatable bonds is 2. The molecule has 1 aliphatic rings. The van der Waals surface area contributed by atoms with Gasteiger partial charge in [0.1, 0.15) is 11.0 Å². The minimum Gasteiger partial charge on any atom is -0.335 e. The molecule has 8 heteroatoms. The summed E-state index contributed by atoms with van der Waals surface area (Å²) >= 11 is 11.6. The molecule has 5 nitrogen and oxygen atoms in total. The fourth-order valence-corrected chi connectivity index (χ4v) is 3.01. The summed E-state index contributed by atoms with van der Waals surface area (Å²) in [6, 6.07) is 6.97. The highest BCUT2D eigenvalue weighted by molar-refractivity contribution is 6.31. The summed E-state index contributed by atoms with van der Waals surface area (Å²) in [7, 11) is 0. The predicted molar refractivity (Wildman–Crippen MR) is 92.5 cm³/mol. The fourth-order valence-electron chi connectivity index (χ4n) is 2.66. The first-order chi connectivity index (χ1) is 12.0. The van der Waals surface area contributed by atoms with E-state index in [4.69, 9.17) is 23.2 Å². The Morgan fingerprint density at radius 1 is 0.960 bits per heavy atom. The zero-order chi connectivity index (χ0) is 18.0. The van der Waals surface area contributed by atoms with Crippen LogP contribution in [-0.4, -0.2) is 52.8 Å². The lowest BCUT2D eigenvalue weighted by Crippen LogP contribution is -2.50. The second kappa shape index (κ2) is 7.37. The Balaban J connectivity index is 1.66. The molecule has 1 saturated heterocycles. The molecule has 2 heterocycles. The van der Waals surface area contributed by atoms with Crippen molar-refractivity contribution < 1.29 is 14.0 Å². The van der Waals surface area contributed by atoms with Crippen LogP contribution in [0.25, 0.3) is 0 Å². The van der Waals surface area contributed by atoms with Crippen LogP contribution in [0.15, 0.2) is 36.5 Å². The van der Waals surface area contributed by atoms with Gasteiger partial charge in [-0.15, -0.1) is 0 Å². The van der Waals surface area contributed by atoms with Gasteiger partial charge in [0, 0.05) is 43.0 Å². The quantitative estimate of drug-likeness (QED) is 0.750. The Morgan fingerprint density at radius 3 is 2.24 bits per heavy atom.